The van der Waals surface area contributed by atoms with Crippen LogP contribution in [0.5, 0.6) is 0 Å². The number of rotatable bonds is 7. The number of fused-ring (bicyclic) bond motifs is 1. The Morgan fingerprint density at radius 2 is 1.76 bits per heavy atom. The summed E-state index contributed by atoms with van der Waals surface area (Å²) in [7, 11) is 0. The molecule has 0 aliphatic heterocycles. The van der Waals surface area contributed by atoms with E-state index in [1.807, 2.05) is 42.5 Å². The standard InChI is InChI=1S/C24H19N5O3S/c30-22(31)13-33-24-26-23(27-28-24)18-9-16(10-19(11-18)29-32)15-6-7-20-17(8-15)12-21(25-20)14-4-2-1-3-5-14/h1-12,25,29,32H,13H2,(H,30,31)(H,26,27,28)/p+1. The molecule has 2 heterocycles. The maximum Gasteiger partial charge on any atom is 0.313 e. The number of nitrogens with zero attached hydrogens (tertiary/aromatic N) is 2. The number of thioether (sulfide) groups is 1. The average molecular weight is 459 g/mol. The van der Waals surface area contributed by atoms with Gasteiger partial charge in [-0.15, -0.1) is 5.10 Å². The lowest BCUT2D eigenvalue weighted by atomic mass is 10.0. The Balaban J connectivity index is 1.50. The monoisotopic (exact) mass is 458 g/mol. The van der Waals surface area contributed by atoms with Gasteiger partial charge in [0.2, 0.25) is 5.16 Å². The number of hydrogen-bond acceptors (Lipinski definition) is 5. The van der Waals surface area contributed by atoms with Gasteiger partial charge in [-0.2, -0.15) is 5.48 Å². The van der Waals surface area contributed by atoms with Gasteiger partial charge in [-0.3, -0.25) is 9.89 Å². The molecule has 0 spiro atoms. The zero-order chi connectivity index (χ0) is 22.8. The highest BCUT2D eigenvalue weighted by Gasteiger charge is 2.13. The van der Waals surface area contributed by atoms with Crippen molar-refractivity contribution in [3.05, 3.63) is 72.8 Å². The topological polar surface area (TPSA) is 132 Å². The fourth-order valence-corrected chi connectivity index (χ4v) is 4.20. The molecule has 0 saturated carbocycles. The normalized spacial score (nSPS) is 11.2. The van der Waals surface area contributed by atoms with E-state index in [4.69, 9.17) is 5.11 Å². The minimum Gasteiger partial charge on any atom is -0.481 e. The van der Waals surface area contributed by atoms with Crippen molar-refractivity contribution in [3.63, 3.8) is 0 Å². The molecule has 0 bridgehead atoms. The number of nitrogens with two attached hydrogens (primary N) is 1. The van der Waals surface area contributed by atoms with Gasteiger partial charge in [0.15, 0.2) is 11.5 Å². The largest absolute Gasteiger partial charge is 0.481 e. The van der Waals surface area contributed by atoms with Gasteiger partial charge in [0.05, 0.1) is 5.75 Å². The molecule has 0 unspecified atom stereocenters. The zero-order valence-corrected chi connectivity index (χ0v) is 18.1. The Bertz CT molecular complexity index is 1450. The second-order valence-corrected chi connectivity index (χ2v) is 8.42. The Morgan fingerprint density at radius 3 is 2.55 bits per heavy atom. The molecular weight excluding hydrogens is 438 g/mol. The first-order valence-corrected chi connectivity index (χ1v) is 11.2. The Hall–Kier alpha value is -3.92. The number of aliphatic carboxylic acids is 1. The van der Waals surface area contributed by atoms with Crippen molar-refractivity contribution in [1.82, 2.24) is 20.2 Å². The summed E-state index contributed by atoms with van der Waals surface area (Å²) in [5.41, 5.74) is 7.52. The molecule has 33 heavy (non-hydrogen) atoms. The fraction of sp³-hybridized carbons (Fsp3) is 0.0417. The number of nitrogens with one attached hydrogen (secondary N) is 2. The zero-order valence-electron chi connectivity index (χ0n) is 17.3. The van der Waals surface area contributed by atoms with E-state index in [-0.39, 0.29) is 5.75 Å². The van der Waals surface area contributed by atoms with Crippen LogP contribution in [0.25, 0.3) is 44.7 Å². The highest BCUT2D eigenvalue weighted by molar-refractivity contribution is 7.99. The lowest BCUT2D eigenvalue weighted by molar-refractivity contribution is -0.825. The molecule has 8 nitrogen and oxygen atoms in total. The number of benzene rings is 3. The molecule has 2 aromatic heterocycles. The van der Waals surface area contributed by atoms with E-state index in [9.17, 15) is 10.0 Å². The highest BCUT2D eigenvalue weighted by Crippen LogP contribution is 2.32. The lowest BCUT2D eigenvalue weighted by Gasteiger charge is -2.06. The summed E-state index contributed by atoms with van der Waals surface area (Å²) in [6, 6.07) is 24.1. The number of carboxylic acids is 1. The molecule has 5 rings (SSSR count). The highest BCUT2D eigenvalue weighted by atomic mass is 32.2. The second kappa shape index (κ2) is 8.91. The predicted molar refractivity (Wildman–Crippen MR) is 126 cm³/mol. The number of aromatic nitrogens is 4. The smallest absolute Gasteiger partial charge is 0.313 e. The van der Waals surface area contributed by atoms with Crippen molar-refractivity contribution in [1.29, 1.82) is 0 Å². The van der Waals surface area contributed by atoms with E-state index >= 15 is 0 Å². The lowest BCUT2D eigenvalue weighted by Crippen LogP contribution is -2.73. The molecule has 6 N–H and O–H groups in total. The third-order valence-electron chi connectivity index (χ3n) is 5.21. The van der Waals surface area contributed by atoms with Crippen molar-refractivity contribution in [2.24, 2.45) is 0 Å². The summed E-state index contributed by atoms with van der Waals surface area (Å²) in [5.74, 6) is -0.544. The third-order valence-corrected chi connectivity index (χ3v) is 6.04. The summed E-state index contributed by atoms with van der Waals surface area (Å²) in [5, 5.41) is 26.9. The summed E-state index contributed by atoms with van der Waals surface area (Å²) in [6.45, 7) is 0. The van der Waals surface area contributed by atoms with Crippen LogP contribution in [0.15, 0.2) is 78.0 Å². The first-order valence-electron chi connectivity index (χ1n) is 10.2. The van der Waals surface area contributed by atoms with Crippen molar-refractivity contribution in [3.8, 4) is 33.8 Å². The molecule has 0 amide bonds. The van der Waals surface area contributed by atoms with Crippen molar-refractivity contribution in [2.45, 2.75) is 5.16 Å². The first-order chi connectivity index (χ1) is 16.1. The molecule has 164 valence electrons. The molecule has 9 heteroatoms. The van der Waals surface area contributed by atoms with Crippen LogP contribution in [0.4, 0.5) is 5.69 Å². The molecule has 0 aliphatic carbocycles. The van der Waals surface area contributed by atoms with Gasteiger partial charge < -0.3 is 10.1 Å². The van der Waals surface area contributed by atoms with Gasteiger partial charge in [0.1, 0.15) is 0 Å². The third kappa shape index (κ3) is 4.51. The number of H-pyrrole nitrogens is 2. The van der Waals surface area contributed by atoms with Crippen LogP contribution in [0.1, 0.15) is 0 Å². The molecule has 0 radical (unpaired) electrons. The van der Waals surface area contributed by atoms with Gasteiger partial charge >= 0.3 is 5.97 Å². The predicted octanol–water partition coefficient (Wildman–Crippen LogP) is 4.05. The Kier molecular flexibility index (Phi) is 5.66. The first kappa shape index (κ1) is 21.0. The maximum absolute atomic E-state index is 10.8. The summed E-state index contributed by atoms with van der Waals surface area (Å²) in [4.78, 5) is 18.6. The van der Waals surface area contributed by atoms with Crippen LogP contribution in [0, 0.1) is 0 Å². The molecular formula is C24H20N5O3S+. The van der Waals surface area contributed by atoms with Gasteiger partial charge in [-0.05, 0) is 41.0 Å². The van der Waals surface area contributed by atoms with Gasteiger partial charge in [-0.1, -0.05) is 48.2 Å². The van der Waals surface area contributed by atoms with E-state index in [0.29, 0.717) is 16.7 Å². The number of aromatic amines is 2. The number of carboxylic acid groups (broad SMARTS) is 1. The number of quaternary nitrogens is 1. The summed E-state index contributed by atoms with van der Waals surface area (Å²) >= 11 is 1.04. The second-order valence-electron chi connectivity index (χ2n) is 7.47. The Labute approximate surface area is 192 Å². The Morgan fingerprint density at radius 1 is 0.939 bits per heavy atom. The van der Waals surface area contributed by atoms with Crippen LogP contribution in [-0.4, -0.2) is 42.2 Å². The molecule has 5 aromatic rings. The van der Waals surface area contributed by atoms with Crippen molar-refractivity contribution < 1.29 is 20.6 Å². The van der Waals surface area contributed by atoms with E-state index in [0.717, 1.165) is 56.1 Å². The molecule has 0 fully saturated rings. The summed E-state index contributed by atoms with van der Waals surface area (Å²) in [6.07, 6.45) is 0. The van der Waals surface area contributed by atoms with E-state index < -0.39 is 5.97 Å². The molecule has 0 saturated heterocycles. The SMILES string of the molecule is O=C(O)CSc1n[nH]c(-c2cc([NH2+]O)cc(-c3ccc4[nH]c(-c5ccccc5)cc4c3)c2)n1. The quantitative estimate of drug-likeness (QED) is 0.142. The van der Waals surface area contributed by atoms with Crippen LogP contribution in [-0.2, 0) is 4.79 Å². The number of hydrogen-bond donors (Lipinski definition) is 5. The molecule has 3 aromatic carbocycles. The fourth-order valence-electron chi connectivity index (χ4n) is 3.68. The minimum absolute atomic E-state index is 0.116. The summed E-state index contributed by atoms with van der Waals surface area (Å²) < 4.78 is 0. The van der Waals surface area contributed by atoms with E-state index in [1.165, 1.54) is 0 Å². The van der Waals surface area contributed by atoms with Gasteiger partial charge in [0, 0.05) is 34.3 Å². The van der Waals surface area contributed by atoms with Crippen LogP contribution >= 0.6 is 11.8 Å². The van der Waals surface area contributed by atoms with E-state index in [1.54, 1.807) is 6.07 Å². The van der Waals surface area contributed by atoms with Crippen molar-refractivity contribution in [2.75, 3.05) is 5.75 Å². The van der Waals surface area contributed by atoms with Gasteiger partial charge in [0.25, 0.3) is 0 Å². The van der Waals surface area contributed by atoms with Crippen LogP contribution in [0.3, 0.4) is 0 Å². The average Bonchev–Trinajstić information content (AvgIpc) is 3.50. The molecule has 0 atom stereocenters. The number of carbonyl (C=O) groups is 1. The van der Waals surface area contributed by atoms with Crippen LogP contribution < -0.4 is 5.48 Å². The van der Waals surface area contributed by atoms with Crippen molar-refractivity contribution >= 4 is 34.3 Å². The maximum atomic E-state index is 10.8. The van der Waals surface area contributed by atoms with E-state index in [2.05, 4.69) is 44.4 Å². The van der Waals surface area contributed by atoms with Crippen LogP contribution in [0.2, 0.25) is 0 Å². The molecule has 0 aliphatic rings. The minimum atomic E-state index is -0.930. The van der Waals surface area contributed by atoms with Gasteiger partial charge in [-0.25, -0.2) is 10.2 Å².